The molecule has 3 rings (SSSR count). The number of nitrogens with one attached hydrogen (secondary N) is 2. The van der Waals surface area contributed by atoms with Crippen molar-refractivity contribution in [2.24, 2.45) is 0 Å². The van der Waals surface area contributed by atoms with Gasteiger partial charge >= 0.3 is 0 Å². The molecule has 2 aromatic rings. The van der Waals surface area contributed by atoms with E-state index in [0.29, 0.717) is 6.04 Å². The van der Waals surface area contributed by atoms with Crippen molar-refractivity contribution in [3.63, 3.8) is 0 Å². The Hall–Kier alpha value is -1.95. The summed E-state index contributed by atoms with van der Waals surface area (Å²) in [6, 6.07) is 8.73. The van der Waals surface area contributed by atoms with Gasteiger partial charge in [-0.1, -0.05) is 6.07 Å². The molecule has 6 heteroatoms. The molecule has 1 aliphatic heterocycles. The molecule has 0 aliphatic carbocycles. The minimum Gasteiger partial charge on any atom is -0.383 e. The number of aromatic nitrogens is 4. The molecule has 2 heterocycles. The average Bonchev–Trinajstić information content (AvgIpc) is 3.08. The number of tetrazole rings is 1. The maximum absolute atomic E-state index is 3.98. The van der Waals surface area contributed by atoms with Crippen LogP contribution in [-0.4, -0.2) is 39.3 Å². The molecule has 1 fully saturated rings. The molecule has 0 radical (unpaired) electrons. The van der Waals surface area contributed by atoms with Gasteiger partial charge in [0.15, 0.2) is 5.82 Å². The van der Waals surface area contributed by atoms with E-state index in [1.165, 1.54) is 12.8 Å². The van der Waals surface area contributed by atoms with E-state index in [1.807, 2.05) is 19.1 Å². The highest BCUT2D eigenvalue weighted by atomic mass is 15.5. The normalized spacial score (nSPS) is 18.7. The molecule has 0 amide bonds. The summed E-state index contributed by atoms with van der Waals surface area (Å²) in [6.45, 7) is 3.98. The Balaban J connectivity index is 1.71. The molecule has 0 bridgehead atoms. The van der Waals surface area contributed by atoms with Crippen LogP contribution in [0.4, 0.5) is 5.69 Å². The lowest BCUT2D eigenvalue weighted by molar-refractivity contribution is 0.633. The number of aryl methyl sites for hydroxylation is 1. The van der Waals surface area contributed by atoms with E-state index < -0.39 is 0 Å². The second kappa shape index (κ2) is 5.36. The van der Waals surface area contributed by atoms with Crippen LogP contribution in [-0.2, 0) is 0 Å². The molecular weight excluding hydrogens is 240 g/mol. The highest BCUT2D eigenvalue weighted by Crippen LogP contribution is 2.15. The van der Waals surface area contributed by atoms with Crippen LogP contribution in [0.5, 0.6) is 0 Å². The quantitative estimate of drug-likeness (QED) is 0.860. The smallest absolute Gasteiger partial charge is 0.153 e. The minimum absolute atomic E-state index is 0.582. The Bertz CT molecular complexity index is 544. The van der Waals surface area contributed by atoms with E-state index in [1.54, 1.807) is 4.68 Å². The zero-order valence-corrected chi connectivity index (χ0v) is 11.0. The van der Waals surface area contributed by atoms with Crippen molar-refractivity contribution in [1.82, 2.24) is 25.5 Å². The molecule has 0 spiro atoms. The van der Waals surface area contributed by atoms with Crippen LogP contribution in [0.25, 0.3) is 5.69 Å². The zero-order valence-electron chi connectivity index (χ0n) is 11.0. The third kappa shape index (κ3) is 2.73. The standard InChI is InChI=1S/C13H18N6/c1-10-16-17-18-19(10)13-6-2-4-11(8-13)15-9-12-5-3-7-14-12/h2,4,6,8,12,14-15H,3,5,7,9H2,1H3. The second-order valence-electron chi connectivity index (χ2n) is 4.86. The molecule has 1 aliphatic rings. The summed E-state index contributed by atoms with van der Waals surface area (Å²) in [6.07, 6.45) is 2.52. The third-order valence-electron chi connectivity index (χ3n) is 3.43. The first kappa shape index (κ1) is 12.1. The van der Waals surface area contributed by atoms with Gasteiger partial charge in [-0.2, -0.15) is 4.68 Å². The van der Waals surface area contributed by atoms with E-state index in [-0.39, 0.29) is 0 Å². The molecule has 0 saturated carbocycles. The molecule has 1 aromatic heterocycles. The van der Waals surface area contributed by atoms with Crippen LogP contribution in [0.3, 0.4) is 0 Å². The van der Waals surface area contributed by atoms with Crippen molar-refractivity contribution in [2.75, 3.05) is 18.4 Å². The predicted octanol–water partition coefficient (Wildman–Crippen LogP) is 1.13. The van der Waals surface area contributed by atoms with Crippen LogP contribution in [0.15, 0.2) is 24.3 Å². The summed E-state index contributed by atoms with van der Waals surface area (Å²) >= 11 is 0. The number of hydrogen-bond donors (Lipinski definition) is 2. The van der Waals surface area contributed by atoms with Crippen LogP contribution < -0.4 is 10.6 Å². The van der Waals surface area contributed by atoms with E-state index in [4.69, 9.17) is 0 Å². The Kier molecular flexibility index (Phi) is 3.41. The van der Waals surface area contributed by atoms with Crippen LogP contribution >= 0.6 is 0 Å². The molecule has 19 heavy (non-hydrogen) atoms. The number of rotatable bonds is 4. The van der Waals surface area contributed by atoms with E-state index >= 15 is 0 Å². The van der Waals surface area contributed by atoms with Crippen molar-refractivity contribution in [3.05, 3.63) is 30.1 Å². The number of nitrogens with zero attached hydrogens (tertiary/aromatic N) is 4. The fourth-order valence-corrected chi connectivity index (χ4v) is 2.39. The molecule has 1 atom stereocenters. The highest BCUT2D eigenvalue weighted by molar-refractivity contribution is 5.51. The lowest BCUT2D eigenvalue weighted by atomic mass is 10.2. The van der Waals surface area contributed by atoms with Gasteiger partial charge in [-0.15, -0.1) is 5.10 Å². The van der Waals surface area contributed by atoms with Gasteiger partial charge in [0.05, 0.1) is 5.69 Å². The molecule has 6 nitrogen and oxygen atoms in total. The largest absolute Gasteiger partial charge is 0.383 e. The molecule has 100 valence electrons. The lowest BCUT2D eigenvalue weighted by Gasteiger charge is -2.13. The van der Waals surface area contributed by atoms with Gasteiger partial charge in [0.25, 0.3) is 0 Å². The maximum atomic E-state index is 3.98. The first-order valence-electron chi connectivity index (χ1n) is 6.65. The minimum atomic E-state index is 0.582. The van der Waals surface area contributed by atoms with Gasteiger partial charge < -0.3 is 10.6 Å². The van der Waals surface area contributed by atoms with Crippen molar-refractivity contribution in [2.45, 2.75) is 25.8 Å². The van der Waals surface area contributed by atoms with Crippen molar-refractivity contribution in [1.29, 1.82) is 0 Å². The predicted molar refractivity (Wildman–Crippen MR) is 73.4 cm³/mol. The Morgan fingerprint density at radius 1 is 1.47 bits per heavy atom. The van der Waals surface area contributed by atoms with Crippen LogP contribution in [0.2, 0.25) is 0 Å². The van der Waals surface area contributed by atoms with Crippen LogP contribution in [0.1, 0.15) is 18.7 Å². The summed E-state index contributed by atoms with van der Waals surface area (Å²) in [5.41, 5.74) is 2.08. The fraction of sp³-hybridized carbons (Fsp3) is 0.462. The van der Waals surface area contributed by atoms with Gasteiger partial charge in [0.2, 0.25) is 0 Å². The second-order valence-corrected chi connectivity index (χ2v) is 4.86. The molecule has 1 aromatic carbocycles. The molecule has 2 N–H and O–H groups in total. The first-order chi connectivity index (χ1) is 9.33. The first-order valence-corrected chi connectivity index (χ1v) is 6.65. The van der Waals surface area contributed by atoms with Crippen molar-refractivity contribution >= 4 is 5.69 Å². The molecule has 1 unspecified atom stereocenters. The van der Waals surface area contributed by atoms with Crippen molar-refractivity contribution < 1.29 is 0 Å². The summed E-state index contributed by atoms with van der Waals surface area (Å²) in [7, 11) is 0. The van der Waals surface area contributed by atoms with Gasteiger partial charge in [-0.05, 0) is 54.9 Å². The SMILES string of the molecule is Cc1nnnn1-c1cccc(NCC2CCCN2)c1. The summed E-state index contributed by atoms with van der Waals surface area (Å²) in [4.78, 5) is 0. The molecular formula is C13H18N6. The Morgan fingerprint density at radius 2 is 2.42 bits per heavy atom. The topological polar surface area (TPSA) is 67.7 Å². The summed E-state index contributed by atoms with van der Waals surface area (Å²) in [5, 5.41) is 18.5. The Labute approximate surface area is 112 Å². The van der Waals surface area contributed by atoms with Gasteiger partial charge in [-0.3, -0.25) is 0 Å². The van der Waals surface area contributed by atoms with E-state index in [9.17, 15) is 0 Å². The fourth-order valence-electron chi connectivity index (χ4n) is 2.39. The van der Waals surface area contributed by atoms with Gasteiger partial charge in [0, 0.05) is 18.3 Å². The monoisotopic (exact) mass is 258 g/mol. The Morgan fingerprint density at radius 3 is 3.16 bits per heavy atom. The summed E-state index contributed by atoms with van der Waals surface area (Å²) in [5.74, 6) is 0.787. The number of hydrogen-bond acceptors (Lipinski definition) is 5. The van der Waals surface area contributed by atoms with E-state index in [2.05, 4.69) is 38.3 Å². The van der Waals surface area contributed by atoms with Crippen molar-refractivity contribution in [3.8, 4) is 5.69 Å². The highest BCUT2D eigenvalue weighted by Gasteiger charge is 2.13. The van der Waals surface area contributed by atoms with Crippen LogP contribution in [0, 0.1) is 6.92 Å². The summed E-state index contributed by atoms with van der Waals surface area (Å²) < 4.78 is 1.74. The zero-order chi connectivity index (χ0) is 13.1. The average molecular weight is 258 g/mol. The van der Waals surface area contributed by atoms with Gasteiger partial charge in [-0.25, -0.2) is 0 Å². The van der Waals surface area contributed by atoms with E-state index in [0.717, 1.165) is 30.3 Å². The lowest BCUT2D eigenvalue weighted by Crippen LogP contribution is -2.29. The maximum Gasteiger partial charge on any atom is 0.153 e. The number of anilines is 1. The third-order valence-corrected chi connectivity index (χ3v) is 3.43. The molecule has 1 saturated heterocycles. The number of benzene rings is 1. The van der Waals surface area contributed by atoms with Gasteiger partial charge in [0.1, 0.15) is 0 Å².